The van der Waals surface area contributed by atoms with Crippen LogP contribution in [0.25, 0.3) is 0 Å². The van der Waals surface area contributed by atoms with Gasteiger partial charge in [-0.2, -0.15) is 0 Å². The summed E-state index contributed by atoms with van der Waals surface area (Å²) in [6, 6.07) is 0. The van der Waals surface area contributed by atoms with Crippen LogP contribution in [0.4, 0.5) is 0 Å². The molecular weight excluding hydrogens is 747 g/mol. The molecule has 5 aliphatic rings. The van der Waals surface area contributed by atoms with Crippen LogP contribution in [0, 0.1) is 52.3 Å². The molecule has 1 heterocycles. The summed E-state index contributed by atoms with van der Waals surface area (Å²) in [4.78, 5) is 2.81. The number of piperidine rings is 1. The molecule has 0 bridgehead atoms. The van der Waals surface area contributed by atoms with Crippen molar-refractivity contribution in [2.45, 2.75) is 291 Å². The van der Waals surface area contributed by atoms with Gasteiger partial charge in [0.15, 0.2) is 0 Å². The Kier molecular flexibility index (Phi) is 25.3. The van der Waals surface area contributed by atoms with E-state index in [9.17, 15) is 0 Å². The molecule has 0 aromatic carbocycles. The van der Waals surface area contributed by atoms with Crippen LogP contribution in [-0.4, -0.2) is 24.5 Å². The molecule has 0 amide bonds. The lowest BCUT2D eigenvalue weighted by molar-refractivity contribution is -0.0458. The van der Waals surface area contributed by atoms with Crippen molar-refractivity contribution in [2.75, 3.05) is 19.6 Å². The lowest BCUT2D eigenvalue weighted by atomic mass is 9.46. The highest BCUT2D eigenvalue weighted by atomic mass is 15.1. The van der Waals surface area contributed by atoms with Crippen molar-refractivity contribution in [2.24, 2.45) is 52.3 Å². The third kappa shape index (κ3) is 17.6. The van der Waals surface area contributed by atoms with Crippen molar-refractivity contribution in [3.8, 4) is 0 Å². The van der Waals surface area contributed by atoms with E-state index in [1.54, 1.807) is 12.8 Å². The van der Waals surface area contributed by atoms with Crippen LogP contribution >= 0.6 is 0 Å². The fraction of sp³-hybridized carbons (Fsp3) is 0.934. The minimum Gasteiger partial charge on any atom is -0.303 e. The van der Waals surface area contributed by atoms with Crippen LogP contribution < -0.4 is 0 Å². The zero-order chi connectivity index (χ0) is 43.7. The molecule has 8 unspecified atom stereocenters. The molecule has 4 fully saturated rings. The van der Waals surface area contributed by atoms with E-state index in [0.717, 1.165) is 41.4 Å². The van der Waals surface area contributed by atoms with Gasteiger partial charge in [0, 0.05) is 0 Å². The molecule has 0 aromatic rings. The van der Waals surface area contributed by atoms with Crippen molar-refractivity contribution < 1.29 is 0 Å². The normalized spacial score (nSPS) is 29.5. The van der Waals surface area contributed by atoms with Crippen molar-refractivity contribution in [1.82, 2.24) is 4.90 Å². The van der Waals surface area contributed by atoms with E-state index in [-0.39, 0.29) is 0 Å². The molecule has 4 aliphatic carbocycles. The Bertz CT molecular complexity index is 1190. The van der Waals surface area contributed by atoms with Gasteiger partial charge in [-0.05, 0) is 175 Å². The first-order chi connectivity index (χ1) is 30.3. The van der Waals surface area contributed by atoms with Crippen LogP contribution in [0.15, 0.2) is 23.8 Å². The van der Waals surface area contributed by atoms with E-state index in [1.807, 2.05) is 5.57 Å². The predicted octanol–water partition coefficient (Wildman–Crippen LogP) is 19.8. The minimum absolute atomic E-state index is 0.532. The smallest absolute Gasteiger partial charge is 0.00161 e. The van der Waals surface area contributed by atoms with Crippen molar-refractivity contribution in [1.29, 1.82) is 0 Å². The average Bonchev–Trinajstić information content (AvgIpc) is 3.62. The van der Waals surface area contributed by atoms with Gasteiger partial charge in [0.05, 0.1) is 0 Å². The number of hydrogen-bond donors (Lipinski definition) is 0. The molecule has 1 nitrogen and oxygen atoms in total. The van der Waals surface area contributed by atoms with Gasteiger partial charge >= 0.3 is 0 Å². The maximum Gasteiger partial charge on any atom is -0.00161 e. The standard InChI is InChI=1S/C61H111N/c1-6-7-8-9-10-11-12-13-14-15-16-17-18-19-20-21-23-27-35-53(45-50-62-48-32-26-33-49-62)36-28-24-22-25-29-37-54-43-46-61(5)56(51-54)39-41-57-58-42-40-55(38-31-30-34-52(2)3)60(58,4)47-44-59(57)61/h13-14,39,52-55,57-59H,6-12,15-38,40-51H2,1-5H3/b14-13-. The fourth-order valence-corrected chi connectivity index (χ4v) is 14.9. The van der Waals surface area contributed by atoms with E-state index in [2.05, 4.69) is 57.7 Å². The van der Waals surface area contributed by atoms with Crippen molar-refractivity contribution >= 4 is 0 Å². The molecule has 360 valence electrons. The Morgan fingerprint density at radius 1 is 0.597 bits per heavy atom. The molecule has 0 aromatic heterocycles. The highest BCUT2D eigenvalue weighted by Crippen LogP contribution is 2.67. The molecule has 1 saturated heterocycles. The molecule has 5 rings (SSSR count). The monoisotopic (exact) mass is 858 g/mol. The highest BCUT2D eigenvalue weighted by Gasteiger charge is 2.58. The van der Waals surface area contributed by atoms with E-state index in [1.165, 1.54) is 264 Å². The van der Waals surface area contributed by atoms with Crippen molar-refractivity contribution in [3.63, 3.8) is 0 Å². The number of unbranched alkanes of at least 4 members (excludes halogenated alkanes) is 19. The van der Waals surface area contributed by atoms with Crippen LogP contribution in [0.3, 0.4) is 0 Å². The second-order valence-electron chi connectivity index (χ2n) is 24.2. The molecule has 0 radical (unpaired) electrons. The van der Waals surface area contributed by atoms with Crippen molar-refractivity contribution in [3.05, 3.63) is 23.8 Å². The van der Waals surface area contributed by atoms with Gasteiger partial charge in [0.25, 0.3) is 0 Å². The zero-order valence-corrected chi connectivity index (χ0v) is 43.1. The van der Waals surface area contributed by atoms with Gasteiger partial charge in [-0.25, -0.2) is 0 Å². The Labute approximate surface area is 390 Å². The molecule has 1 aliphatic heterocycles. The summed E-state index contributed by atoms with van der Waals surface area (Å²) in [5, 5.41) is 0. The number of rotatable bonds is 34. The van der Waals surface area contributed by atoms with Gasteiger partial charge in [0.1, 0.15) is 0 Å². The Morgan fingerprint density at radius 2 is 1.19 bits per heavy atom. The quantitative estimate of drug-likeness (QED) is 0.0460. The highest BCUT2D eigenvalue weighted by molar-refractivity contribution is 5.25. The van der Waals surface area contributed by atoms with E-state index >= 15 is 0 Å². The minimum atomic E-state index is 0.532. The van der Waals surface area contributed by atoms with Gasteiger partial charge in [-0.3, -0.25) is 0 Å². The molecule has 62 heavy (non-hydrogen) atoms. The average molecular weight is 859 g/mol. The lowest BCUT2D eigenvalue weighted by Gasteiger charge is -2.58. The Hall–Kier alpha value is -0.560. The van der Waals surface area contributed by atoms with Crippen LogP contribution in [0.2, 0.25) is 0 Å². The Balaban J connectivity index is 0.902. The number of likely N-dealkylation sites (tertiary alicyclic amines) is 1. The summed E-state index contributed by atoms with van der Waals surface area (Å²) in [7, 11) is 0. The lowest BCUT2D eigenvalue weighted by Crippen LogP contribution is -2.50. The third-order valence-electron chi connectivity index (χ3n) is 19.1. The molecule has 0 N–H and O–H groups in total. The van der Waals surface area contributed by atoms with E-state index in [4.69, 9.17) is 0 Å². The molecular formula is C61H111N. The second kappa shape index (κ2) is 29.9. The fourth-order valence-electron chi connectivity index (χ4n) is 14.9. The Morgan fingerprint density at radius 3 is 1.85 bits per heavy atom. The van der Waals surface area contributed by atoms with Crippen LogP contribution in [0.1, 0.15) is 291 Å². The first kappa shape index (κ1) is 52.4. The SMILES string of the molecule is CCCCCCCC/C=C\CCCCCCCCCCC(CCCCCCCC1CCC2(C)C(=CCC3C2CCC2(C)C(CCCCC(C)C)CCC32)C1)CCN1CCCCC1. The number of fused-ring (bicyclic) bond motifs is 5. The second-order valence-corrected chi connectivity index (χ2v) is 24.2. The maximum atomic E-state index is 2.86. The van der Waals surface area contributed by atoms with Gasteiger partial charge in [-0.1, -0.05) is 213 Å². The molecule has 8 atom stereocenters. The van der Waals surface area contributed by atoms with Crippen LogP contribution in [-0.2, 0) is 0 Å². The van der Waals surface area contributed by atoms with Gasteiger partial charge < -0.3 is 4.90 Å². The predicted molar refractivity (Wildman–Crippen MR) is 276 cm³/mol. The molecule has 3 saturated carbocycles. The summed E-state index contributed by atoms with van der Waals surface area (Å²) >= 11 is 0. The maximum absolute atomic E-state index is 2.86. The number of nitrogens with zero attached hydrogens (tertiary/aromatic N) is 1. The van der Waals surface area contributed by atoms with E-state index < -0.39 is 0 Å². The molecule has 0 spiro atoms. The number of hydrogen-bond acceptors (Lipinski definition) is 1. The molecule has 1 heteroatoms. The first-order valence-electron chi connectivity index (χ1n) is 29.4. The topological polar surface area (TPSA) is 3.24 Å². The summed E-state index contributed by atoms with van der Waals surface area (Å²) in [6.45, 7) is 16.8. The largest absolute Gasteiger partial charge is 0.303 e. The first-order valence-corrected chi connectivity index (χ1v) is 29.4. The third-order valence-corrected chi connectivity index (χ3v) is 19.1. The van der Waals surface area contributed by atoms with Crippen LogP contribution in [0.5, 0.6) is 0 Å². The summed E-state index contributed by atoms with van der Waals surface area (Å²) in [5.41, 5.74) is 3.12. The summed E-state index contributed by atoms with van der Waals surface area (Å²) in [5.74, 6) is 6.85. The summed E-state index contributed by atoms with van der Waals surface area (Å²) in [6.07, 6.45) is 66.4. The van der Waals surface area contributed by atoms with Gasteiger partial charge in [-0.15, -0.1) is 0 Å². The number of allylic oxidation sites excluding steroid dienone is 4. The summed E-state index contributed by atoms with van der Waals surface area (Å²) < 4.78 is 0. The zero-order valence-electron chi connectivity index (χ0n) is 43.1. The van der Waals surface area contributed by atoms with Gasteiger partial charge in [0.2, 0.25) is 0 Å². The van der Waals surface area contributed by atoms with E-state index in [0.29, 0.717) is 10.8 Å².